The smallest absolute Gasteiger partial charge is 0.126 e. The van der Waals surface area contributed by atoms with Crippen molar-refractivity contribution in [1.29, 1.82) is 0 Å². The summed E-state index contributed by atoms with van der Waals surface area (Å²) < 4.78 is 63.2. The second kappa shape index (κ2) is 16.7. The van der Waals surface area contributed by atoms with E-state index >= 15 is 17.6 Å². The van der Waals surface area contributed by atoms with Gasteiger partial charge in [0.25, 0.3) is 0 Å². The fourth-order valence-electron chi connectivity index (χ4n) is 11.8. The van der Waals surface area contributed by atoms with E-state index in [9.17, 15) is 0 Å². The van der Waals surface area contributed by atoms with Gasteiger partial charge in [0, 0.05) is 57.1 Å². The number of nitrogens with zero attached hydrogens (tertiary/aromatic N) is 2. The van der Waals surface area contributed by atoms with Crippen molar-refractivity contribution in [1.82, 2.24) is 0 Å². The van der Waals surface area contributed by atoms with Gasteiger partial charge in [-0.15, -0.1) is 0 Å². The minimum atomic E-state index is -0.703. The van der Waals surface area contributed by atoms with Crippen molar-refractivity contribution >= 4 is 44.9 Å². The third-order valence-corrected chi connectivity index (χ3v) is 15.2. The number of fused-ring (bicyclic) bond motifs is 7. The first kappa shape index (κ1) is 45.0. The molecule has 0 fully saturated rings. The Hall–Kier alpha value is -8.22. The van der Waals surface area contributed by atoms with Gasteiger partial charge in [0.05, 0.1) is 0 Å². The van der Waals surface area contributed by atoms with Crippen LogP contribution < -0.4 is 9.80 Å². The van der Waals surface area contributed by atoms with Crippen LogP contribution in [-0.4, -0.2) is 0 Å². The van der Waals surface area contributed by atoms with Gasteiger partial charge in [-0.2, -0.15) is 0 Å². The molecule has 6 heteroatoms. The predicted molar refractivity (Wildman–Crippen MR) is 289 cm³/mol. The third kappa shape index (κ3) is 7.06. The number of halogens is 4. The topological polar surface area (TPSA) is 6.48 Å². The van der Waals surface area contributed by atoms with Crippen molar-refractivity contribution in [2.45, 2.75) is 52.4 Å². The lowest BCUT2D eigenvalue weighted by molar-refractivity contribution is 0.583. The second-order valence-corrected chi connectivity index (χ2v) is 20.4. The molecule has 10 aromatic carbocycles. The zero-order chi connectivity index (χ0) is 49.8. The van der Waals surface area contributed by atoms with Gasteiger partial charge in [-0.3, -0.25) is 0 Å². The van der Waals surface area contributed by atoms with Gasteiger partial charge < -0.3 is 9.80 Å². The van der Waals surface area contributed by atoms with Crippen LogP contribution in [0.1, 0.15) is 61.1 Å². The molecule has 0 saturated heterocycles. The zero-order valence-corrected chi connectivity index (χ0v) is 40.9. The van der Waals surface area contributed by atoms with Crippen molar-refractivity contribution in [3.05, 3.63) is 251 Å². The van der Waals surface area contributed by atoms with Crippen LogP contribution in [0.3, 0.4) is 0 Å². The number of aryl methyl sites for hydroxylation is 2. The van der Waals surface area contributed by atoms with E-state index in [-0.39, 0.29) is 0 Å². The van der Waals surface area contributed by atoms with E-state index < -0.39 is 34.1 Å². The molecule has 0 spiro atoms. The van der Waals surface area contributed by atoms with E-state index in [0.717, 1.165) is 113 Å². The number of anilines is 6. The fraction of sp³-hybridized carbons (Fsp3) is 0.121. The number of benzene rings is 10. The maximum absolute atomic E-state index is 15.8. The Morgan fingerprint density at radius 3 is 1.03 bits per heavy atom. The van der Waals surface area contributed by atoms with Crippen molar-refractivity contribution in [3.63, 3.8) is 0 Å². The average Bonchev–Trinajstić information content (AvgIpc) is 3.72. The molecule has 0 radical (unpaired) electrons. The molecule has 0 atom stereocenters. The van der Waals surface area contributed by atoms with E-state index in [1.807, 2.05) is 60.7 Å². The van der Waals surface area contributed by atoms with Gasteiger partial charge in [-0.25, -0.2) is 17.6 Å². The SMILES string of the molecule is Cc1ccccc1N(c1ccccc1)c1ccc2c(c1)C(C)(C)c1cc3c(-c4cc(F)cc(F)c4)c4c(cc3c(-c3cc(F)cc(F)c3)c1-2)C(C)(C)c1cc(N(c2ccccc2)c2ccccc2C)ccc1-4. The summed E-state index contributed by atoms with van der Waals surface area (Å²) in [5, 5.41) is 1.45. The van der Waals surface area contributed by atoms with Gasteiger partial charge in [0.2, 0.25) is 0 Å². The number of rotatable bonds is 8. The van der Waals surface area contributed by atoms with Crippen molar-refractivity contribution < 1.29 is 17.6 Å². The summed E-state index contributed by atoms with van der Waals surface area (Å²) in [6.45, 7) is 13.0. The summed E-state index contributed by atoms with van der Waals surface area (Å²) in [5.41, 5.74) is 16.5. The molecule has 0 unspecified atom stereocenters. The van der Waals surface area contributed by atoms with Crippen LogP contribution in [0.5, 0.6) is 0 Å². The molecular formula is C66H50F4N2. The number of hydrogen-bond donors (Lipinski definition) is 0. The highest BCUT2D eigenvalue weighted by Crippen LogP contribution is 2.61. The van der Waals surface area contributed by atoms with Crippen LogP contribution in [0.25, 0.3) is 55.3 Å². The monoisotopic (exact) mass is 946 g/mol. The third-order valence-electron chi connectivity index (χ3n) is 15.2. The van der Waals surface area contributed by atoms with E-state index in [4.69, 9.17) is 0 Å². The molecule has 2 aliphatic carbocycles. The summed E-state index contributed by atoms with van der Waals surface area (Å²) in [7, 11) is 0. The first-order valence-electron chi connectivity index (χ1n) is 24.4. The molecule has 12 rings (SSSR count). The molecule has 0 heterocycles. The minimum Gasteiger partial charge on any atom is -0.310 e. The molecule has 352 valence electrons. The van der Waals surface area contributed by atoms with Gasteiger partial charge >= 0.3 is 0 Å². The van der Waals surface area contributed by atoms with Crippen LogP contribution >= 0.6 is 0 Å². The highest BCUT2D eigenvalue weighted by atomic mass is 19.1. The first-order valence-corrected chi connectivity index (χ1v) is 24.4. The fourth-order valence-corrected chi connectivity index (χ4v) is 11.8. The lowest BCUT2D eigenvalue weighted by Gasteiger charge is -2.29. The van der Waals surface area contributed by atoms with Crippen molar-refractivity contribution in [3.8, 4) is 44.5 Å². The maximum Gasteiger partial charge on any atom is 0.126 e. The van der Waals surface area contributed by atoms with Crippen LogP contribution in [-0.2, 0) is 10.8 Å². The summed E-state index contributed by atoms with van der Waals surface area (Å²) in [6.07, 6.45) is 0. The molecule has 2 aliphatic rings. The Balaban J connectivity index is 1.16. The predicted octanol–water partition coefficient (Wildman–Crippen LogP) is 18.9. The Morgan fingerprint density at radius 1 is 0.319 bits per heavy atom. The van der Waals surface area contributed by atoms with Gasteiger partial charge in [0.15, 0.2) is 0 Å². The Kier molecular flexibility index (Phi) is 10.4. The van der Waals surface area contributed by atoms with Crippen LogP contribution in [0.2, 0.25) is 0 Å². The van der Waals surface area contributed by atoms with Crippen LogP contribution in [0, 0.1) is 37.1 Å². The normalized spacial score (nSPS) is 13.6. The molecule has 72 heavy (non-hydrogen) atoms. The largest absolute Gasteiger partial charge is 0.310 e. The van der Waals surface area contributed by atoms with E-state index in [1.165, 1.54) is 24.3 Å². The highest BCUT2D eigenvalue weighted by Gasteiger charge is 2.43. The molecular weight excluding hydrogens is 897 g/mol. The summed E-state index contributed by atoms with van der Waals surface area (Å²) in [4.78, 5) is 4.53. The van der Waals surface area contributed by atoms with Gasteiger partial charge in [-0.05, 0) is 200 Å². The molecule has 0 bridgehead atoms. The first-order chi connectivity index (χ1) is 34.7. The van der Waals surface area contributed by atoms with Crippen LogP contribution in [0.4, 0.5) is 51.7 Å². The summed E-state index contributed by atoms with van der Waals surface area (Å²) in [5.74, 6) is -2.81. The quantitative estimate of drug-likeness (QED) is 0.140. The number of hydrogen-bond acceptors (Lipinski definition) is 2. The number of para-hydroxylation sites is 4. The van der Waals surface area contributed by atoms with Crippen molar-refractivity contribution in [2.75, 3.05) is 9.80 Å². The summed E-state index contributed by atoms with van der Waals surface area (Å²) in [6, 6.07) is 61.9. The van der Waals surface area contributed by atoms with E-state index in [0.29, 0.717) is 22.3 Å². The molecule has 2 nitrogen and oxygen atoms in total. The van der Waals surface area contributed by atoms with E-state index in [2.05, 4.69) is 148 Å². The Labute approximate surface area is 418 Å². The van der Waals surface area contributed by atoms with E-state index in [1.54, 1.807) is 0 Å². The zero-order valence-electron chi connectivity index (χ0n) is 40.9. The van der Waals surface area contributed by atoms with Gasteiger partial charge in [-0.1, -0.05) is 113 Å². The summed E-state index contributed by atoms with van der Waals surface area (Å²) >= 11 is 0. The van der Waals surface area contributed by atoms with Gasteiger partial charge in [0.1, 0.15) is 23.3 Å². The minimum absolute atomic E-state index is 0.372. The lowest BCUT2D eigenvalue weighted by Crippen LogP contribution is -2.17. The molecule has 0 aliphatic heterocycles. The second-order valence-electron chi connectivity index (χ2n) is 20.4. The molecule has 10 aromatic rings. The molecule has 0 amide bonds. The van der Waals surface area contributed by atoms with Crippen molar-refractivity contribution in [2.24, 2.45) is 0 Å². The average molecular weight is 947 g/mol. The molecule has 0 N–H and O–H groups in total. The standard InChI is InChI=1S/C66H50F4N2/c1-39-17-13-15-23-59(39)71(47-19-9-7-10-20-47)49-25-27-51-55(35-49)65(3,4)57-37-53-54(61(63(51)57)41-29-43(67)33-44(68)30-41)38-58-64(62(53)42-31-45(69)34-46(70)32-42)52-28-26-50(36-56(52)66(58,5)6)72(48-21-11-8-12-22-48)60-24-16-14-18-40(60)2/h7-38H,1-6H3. The molecule has 0 aromatic heterocycles. The van der Waals surface area contributed by atoms with Crippen LogP contribution in [0.15, 0.2) is 194 Å². The Bertz CT molecular complexity index is 3550. The lowest BCUT2D eigenvalue weighted by atomic mass is 9.76. The molecule has 0 saturated carbocycles. The highest BCUT2D eigenvalue weighted by molar-refractivity contribution is 6.17. The maximum atomic E-state index is 15.8. The Morgan fingerprint density at radius 2 is 0.667 bits per heavy atom.